The molecule has 1 amide bonds. The Kier molecular flexibility index (Phi) is 5.06. The molecule has 3 rings (SSSR count). The van der Waals surface area contributed by atoms with Gasteiger partial charge in [0.25, 0.3) is 0 Å². The SMILES string of the molecule is CC(C)(C)OC(=O)N1CCCC1c1nnc(Cc2ccccc2)[se]1. The van der Waals surface area contributed by atoms with Crippen LogP contribution in [0.1, 0.15) is 54.4 Å². The molecule has 1 fully saturated rings. The second-order valence-corrected chi connectivity index (χ2v) is 9.32. The first-order valence-corrected chi connectivity index (χ1v) is 9.99. The summed E-state index contributed by atoms with van der Waals surface area (Å²) in [4.78, 5) is 14.2. The third-order valence-corrected chi connectivity index (χ3v) is 6.00. The van der Waals surface area contributed by atoms with Gasteiger partial charge in [-0.25, -0.2) is 0 Å². The van der Waals surface area contributed by atoms with Crippen molar-refractivity contribution in [1.29, 1.82) is 0 Å². The van der Waals surface area contributed by atoms with E-state index < -0.39 is 5.60 Å². The third-order valence-electron chi connectivity index (χ3n) is 3.85. The van der Waals surface area contributed by atoms with Crippen molar-refractivity contribution in [2.75, 3.05) is 6.54 Å². The van der Waals surface area contributed by atoms with Crippen LogP contribution in [-0.4, -0.2) is 47.8 Å². The van der Waals surface area contributed by atoms with Crippen LogP contribution in [0.2, 0.25) is 0 Å². The van der Waals surface area contributed by atoms with Crippen LogP contribution in [0.25, 0.3) is 0 Å². The van der Waals surface area contributed by atoms with E-state index in [-0.39, 0.29) is 26.6 Å². The van der Waals surface area contributed by atoms with E-state index in [2.05, 4.69) is 22.3 Å². The molecule has 1 unspecified atom stereocenters. The van der Waals surface area contributed by atoms with Crippen LogP contribution >= 0.6 is 0 Å². The molecule has 2 aromatic rings. The zero-order valence-electron chi connectivity index (χ0n) is 14.4. The van der Waals surface area contributed by atoms with E-state index in [1.165, 1.54) is 5.56 Å². The Labute approximate surface area is 148 Å². The summed E-state index contributed by atoms with van der Waals surface area (Å²) >= 11 is 0.116. The number of hydrogen-bond acceptors (Lipinski definition) is 4. The van der Waals surface area contributed by atoms with E-state index in [0.717, 1.165) is 34.9 Å². The van der Waals surface area contributed by atoms with Gasteiger partial charge in [-0.05, 0) is 0 Å². The number of rotatable bonds is 3. The van der Waals surface area contributed by atoms with Crippen LogP contribution in [0, 0.1) is 0 Å². The van der Waals surface area contributed by atoms with Crippen LogP contribution in [0.3, 0.4) is 0 Å². The number of hydrogen-bond donors (Lipinski definition) is 0. The van der Waals surface area contributed by atoms with Gasteiger partial charge in [0.2, 0.25) is 0 Å². The molecule has 128 valence electrons. The van der Waals surface area contributed by atoms with Crippen LogP contribution in [0.4, 0.5) is 4.79 Å². The number of carbonyl (C=O) groups is 1. The number of carbonyl (C=O) groups excluding carboxylic acids is 1. The monoisotopic (exact) mass is 393 g/mol. The van der Waals surface area contributed by atoms with Crippen molar-refractivity contribution in [3.63, 3.8) is 0 Å². The van der Waals surface area contributed by atoms with Gasteiger partial charge in [-0.1, -0.05) is 0 Å². The Bertz CT molecular complexity index is 694. The molecule has 0 aliphatic carbocycles. The number of likely N-dealkylation sites (tertiary alicyclic amines) is 1. The van der Waals surface area contributed by atoms with E-state index in [4.69, 9.17) is 4.74 Å². The first-order chi connectivity index (χ1) is 11.4. The van der Waals surface area contributed by atoms with Gasteiger partial charge in [-0.3, -0.25) is 0 Å². The molecule has 0 N–H and O–H groups in total. The van der Waals surface area contributed by atoms with Crippen molar-refractivity contribution in [3.05, 3.63) is 45.0 Å². The average molecular weight is 392 g/mol. The van der Waals surface area contributed by atoms with Gasteiger partial charge in [0.15, 0.2) is 0 Å². The summed E-state index contributed by atoms with van der Waals surface area (Å²) in [6, 6.07) is 10.4. The van der Waals surface area contributed by atoms with Gasteiger partial charge in [0.1, 0.15) is 0 Å². The molecule has 0 bridgehead atoms. The van der Waals surface area contributed by atoms with Crippen molar-refractivity contribution in [3.8, 4) is 0 Å². The Hall–Kier alpha value is -1.65. The fourth-order valence-corrected chi connectivity index (χ4v) is 4.96. The quantitative estimate of drug-likeness (QED) is 0.753. The van der Waals surface area contributed by atoms with E-state index >= 15 is 0 Å². The summed E-state index contributed by atoms with van der Waals surface area (Å²) < 4.78 is 7.71. The minimum atomic E-state index is -0.470. The summed E-state index contributed by atoms with van der Waals surface area (Å²) in [7, 11) is 0. The van der Waals surface area contributed by atoms with Gasteiger partial charge in [0.05, 0.1) is 0 Å². The molecule has 0 radical (unpaired) electrons. The normalized spacial score (nSPS) is 18.0. The van der Waals surface area contributed by atoms with Crippen molar-refractivity contribution in [2.45, 2.75) is 51.7 Å². The average Bonchev–Trinajstić information content (AvgIpc) is 3.15. The standard InChI is InChI=1S/C18H23N3O2Se/c1-18(2,3)23-17(22)21-11-7-10-14(21)16-20-19-15(24-16)12-13-8-5-4-6-9-13/h4-6,8-9,14H,7,10-12H2,1-3H3. The first kappa shape index (κ1) is 17.2. The third kappa shape index (κ3) is 4.25. The molecule has 6 heteroatoms. The van der Waals surface area contributed by atoms with Crippen molar-refractivity contribution in [1.82, 2.24) is 15.1 Å². The van der Waals surface area contributed by atoms with Crippen molar-refractivity contribution in [2.24, 2.45) is 0 Å². The molecule has 5 nitrogen and oxygen atoms in total. The molecule has 1 aromatic heterocycles. The molecule has 2 heterocycles. The molecule has 1 atom stereocenters. The molecular formula is C18H23N3O2Se. The fraction of sp³-hybridized carbons (Fsp3) is 0.500. The van der Waals surface area contributed by atoms with E-state index in [1.807, 2.05) is 43.9 Å². The predicted molar refractivity (Wildman–Crippen MR) is 93.1 cm³/mol. The summed E-state index contributed by atoms with van der Waals surface area (Å²) in [6.07, 6.45) is 2.55. The molecule has 1 aliphatic rings. The van der Waals surface area contributed by atoms with E-state index in [9.17, 15) is 4.79 Å². The zero-order chi connectivity index (χ0) is 17.2. The number of amides is 1. The van der Waals surface area contributed by atoms with Gasteiger partial charge in [-0.15, -0.1) is 0 Å². The molecular weight excluding hydrogens is 369 g/mol. The van der Waals surface area contributed by atoms with Crippen molar-refractivity contribution >= 4 is 20.6 Å². The second kappa shape index (κ2) is 7.08. The minimum absolute atomic E-state index is 0.0527. The number of aromatic nitrogens is 2. The second-order valence-electron chi connectivity index (χ2n) is 7.03. The summed E-state index contributed by atoms with van der Waals surface area (Å²) in [5, 5.41) is 8.79. The maximum absolute atomic E-state index is 12.4. The molecule has 0 saturated carbocycles. The fourth-order valence-electron chi connectivity index (χ4n) is 2.81. The van der Waals surface area contributed by atoms with Gasteiger partial charge < -0.3 is 0 Å². The van der Waals surface area contributed by atoms with E-state index in [0.29, 0.717) is 0 Å². The number of nitrogens with zero attached hydrogens (tertiary/aromatic N) is 3. The summed E-state index contributed by atoms with van der Waals surface area (Å²) in [5.74, 6) is 0. The molecule has 1 saturated heterocycles. The Morgan fingerprint density at radius 1 is 1.29 bits per heavy atom. The predicted octanol–water partition coefficient (Wildman–Crippen LogP) is 3.20. The van der Waals surface area contributed by atoms with Gasteiger partial charge >= 0.3 is 148 Å². The van der Waals surface area contributed by atoms with E-state index in [1.54, 1.807) is 0 Å². The summed E-state index contributed by atoms with van der Waals surface area (Å²) in [6.45, 7) is 6.43. The Morgan fingerprint density at radius 3 is 2.75 bits per heavy atom. The molecule has 1 aromatic carbocycles. The molecule has 0 spiro atoms. The molecule has 24 heavy (non-hydrogen) atoms. The number of benzene rings is 1. The maximum atomic E-state index is 12.4. The summed E-state index contributed by atoms with van der Waals surface area (Å²) in [5.41, 5.74) is 0.784. The van der Waals surface area contributed by atoms with Gasteiger partial charge in [0, 0.05) is 0 Å². The van der Waals surface area contributed by atoms with Crippen LogP contribution < -0.4 is 0 Å². The zero-order valence-corrected chi connectivity index (χ0v) is 16.1. The first-order valence-electron chi connectivity index (χ1n) is 8.28. The number of ether oxygens (including phenoxy) is 1. The van der Waals surface area contributed by atoms with Gasteiger partial charge in [-0.2, -0.15) is 0 Å². The van der Waals surface area contributed by atoms with Crippen LogP contribution in [0.5, 0.6) is 0 Å². The molecule has 1 aliphatic heterocycles. The Morgan fingerprint density at radius 2 is 2.04 bits per heavy atom. The van der Waals surface area contributed by atoms with Crippen molar-refractivity contribution < 1.29 is 9.53 Å². The Balaban J connectivity index is 1.70. The topological polar surface area (TPSA) is 55.3 Å². The van der Waals surface area contributed by atoms with Crippen LogP contribution in [-0.2, 0) is 11.2 Å². The van der Waals surface area contributed by atoms with Crippen LogP contribution in [0.15, 0.2) is 30.3 Å².